The summed E-state index contributed by atoms with van der Waals surface area (Å²) >= 11 is 7.07. The standard InChI is InChI=1S/C20H18Br2O4/c1-25-20-11(8-10(21)9-12(20)22)17-18-13(23)4-2-6-15(18)26-16-7-3-5-14(24)19(16)17/h8-9,17H,2-7H2,1H3. The highest BCUT2D eigenvalue weighted by molar-refractivity contribution is 9.11. The van der Waals surface area contributed by atoms with Crippen LogP contribution < -0.4 is 4.74 Å². The number of methoxy groups -OCH3 is 1. The third-order valence-corrected chi connectivity index (χ3v) is 6.24. The molecule has 0 saturated heterocycles. The molecule has 4 nitrogen and oxygen atoms in total. The van der Waals surface area contributed by atoms with Crippen LogP contribution >= 0.6 is 31.9 Å². The molecule has 0 radical (unpaired) electrons. The highest BCUT2D eigenvalue weighted by atomic mass is 79.9. The summed E-state index contributed by atoms with van der Waals surface area (Å²) in [5.41, 5.74) is 2.09. The maximum atomic E-state index is 12.8. The fraction of sp³-hybridized carbons (Fsp3) is 0.400. The molecule has 1 aliphatic heterocycles. The maximum Gasteiger partial charge on any atom is 0.163 e. The van der Waals surface area contributed by atoms with Gasteiger partial charge in [-0.25, -0.2) is 0 Å². The highest BCUT2D eigenvalue weighted by Crippen LogP contribution is 2.51. The van der Waals surface area contributed by atoms with Crippen LogP contribution in [0.3, 0.4) is 0 Å². The van der Waals surface area contributed by atoms with E-state index in [0.29, 0.717) is 29.7 Å². The van der Waals surface area contributed by atoms with Gasteiger partial charge in [-0.2, -0.15) is 0 Å². The van der Waals surface area contributed by atoms with Gasteiger partial charge >= 0.3 is 0 Å². The van der Waals surface area contributed by atoms with Gasteiger partial charge in [-0.15, -0.1) is 0 Å². The molecule has 0 atom stereocenters. The molecule has 1 aromatic rings. The molecule has 2 aliphatic carbocycles. The van der Waals surface area contributed by atoms with E-state index in [0.717, 1.165) is 51.7 Å². The number of benzene rings is 1. The maximum absolute atomic E-state index is 12.8. The number of ketones is 2. The topological polar surface area (TPSA) is 52.6 Å². The van der Waals surface area contributed by atoms with Crippen molar-refractivity contribution in [3.8, 4) is 5.75 Å². The van der Waals surface area contributed by atoms with Crippen LogP contribution in [-0.4, -0.2) is 18.7 Å². The van der Waals surface area contributed by atoms with Gasteiger partial charge in [0.1, 0.15) is 17.3 Å². The van der Waals surface area contributed by atoms with Crippen molar-refractivity contribution in [1.29, 1.82) is 0 Å². The molecule has 0 fully saturated rings. The van der Waals surface area contributed by atoms with Crippen LogP contribution in [0.15, 0.2) is 43.7 Å². The van der Waals surface area contributed by atoms with E-state index in [1.54, 1.807) is 7.11 Å². The van der Waals surface area contributed by atoms with Gasteiger partial charge in [0.05, 0.1) is 17.5 Å². The summed E-state index contributed by atoms with van der Waals surface area (Å²) in [5.74, 6) is 1.84. The summed E-state index contributed by atoms with van der Waals surface area (Å²) in [5, 5.41) is 0. The number of carbonyl (C=O) groups is 2. The average molecular weight is 482 g/mol. The number of ether oxygens (including phenoxy) is 2. The molecule has 0 saturated carbocycles. The van der Waals surface area contributed by atoms with Gasteiger partial charge in [0, 0.05) is 46.9 Å². The smallest absolute Gasteiger partial charge is 0.163 e. The zero-order valence-electron chi connectivity index (χ0n) is 14.4. The van der Waals surface area contributed by atoms with Gasteiger partial charge < -0.3 is 9.47 Å². The van der Waals surface area contributed by atoms with Gasteiger partial charge in [0.25, 0.3) is 0 Å². The summed E-state index contributed by atoms with van der Waals surface area (Å²) in [6.07, 6.45) is 4.04. The second-order valence-electron chi connectivity index (χ2n) is 6.77. The van der Waals surface area contributed by atoms with Crippen LogP contribution in [0.25, 0.3) is 0 Å². The molecule has 0 bridgehead atoms. The van der Waals surface area contributed by atoms with E-state index in [2.05, 4.69) is 31.9 Å². The van der Waals surface area contributed by atoms with Gasteiger partial charge in [-0.05, 0) is 40.9 Å². The van der Waals surface area contributed by atoms with Gasteiger partial charge in [-0.3, -0.25) is 9.59 Å². The van der Waals surface area contributed by atoms with E-state index in [4.69, 9.17) is 9.47 Å². The third-order valence-electron chi connectivity index (χ3n) is 5.19. The Morgan fingerprint density at radius 3 is 2.08 bits per heavy atom. The number of hydrogen-bond acceptors (Lipinski definition) is 4. The summed E-state index contributed by atoms with van der Waals surface area (Å²) in [7, 11) is 1.60. The Morgan fingerprint density at radius 2 is 1.54 bits per heavy atom. The lowest BCUT2D eigenvalue weighted by atomic mass is 9.73. The predicted molar refractivity (Wildman–Crippen MR) is 104 cm³/mol. The summed E-state index contributed by atoms with van der Waals surface area (Å²) < 4.78 is 13.4. The number of Topliss-reactive ketones (excluding diaryl/α,β-unsaturated/α-hetero) is 2. The Balaban J connectivity index is 1.99. The second kappa shape index (κ2) is 6.97. The second-order valence-corrected chi connectivity index (χ2v) is 8.54. The van der Waals surface area contributed by atoms with Crippen molar-refractivity contribution in [2.45, 2.75) is 44.4 Å². The van der Waals surface area contributed by atoms with E-state index < -0.39 is 5.92 Å². The van der Waals surface area contributed by atoms with Crippen LogP contribution in [0, 0.1) is 0 Å². The molecule has 1 aromatic carbocycles. The number of rotatable bonds is 2. The minimum atomic E-state index is -0.418. The van der Waals surface area contributed by atoms with Gasteiger partial charge in [0.2, 0.25) is 0 Å². The van der Waals surface area contributed by atoms with E-state index in [9.17, 15) is 9.59 Å². The molecule has 1 heterocycles. The molecule has 0 unspecified atom stereocenters. The lowest BCUT2D eigenvalue weighted by Crippen LogP contribution is -2.30. The average Bonchev–Trinajstić information content (AvgIpc) is 2.60. The minimum absolute atomic E-state index is 0.0688. The van der Waals surface area contributed by atoms with Crippen molar-refractivity contribution in [3.05, 3.63) is 49.3 Å². The van der Waals surface area contributed by atoms with Crippen molar-refractivity contribution in [1.82, 2.24) is 0 Å². The third kappa shape index (κ3) is 2.87. The van der Waals surface area contributed by atoms with Gasteiger partial charge in [-0.1, -0.05) is 15.9 Å². The zero-order valence-corrected chi connectivity index (χ0v) is 17.5. The molecule has 3 aliphatic rings. The number of carbonyl (C=O) groups excluding carboxylic acids is 2. The van der Waals surface area contributed by atoms with Crippen LogP contribution in [-0.2, 0) is 14.3 Å². The molecular weight excluding hydrogens is 464 g/mol. The predicted octanol–water partition coefficient (Wildman–Crippen LogP) is 5.35. The minimum Gasteiger partial charge on any atom is -0.495 e. The number of halogens is 2. The van der Waals surface area contributed by atoms with E-state index in [-0.39, 0.29) is 11.6 Å². The Hall–Kier alpha value is -1.40. The van der Waals surface area contributed by atoms with Crippen molar-refractivity contribution >= 4 is 43.4 Å². The van der Waals surface area contributed by atoms with Crippen molar-refractivity contribution in [2.75, 3.05) is 7.11 Å². The zero-order chi connectivity index (χ0) is 18.4. The van der Waals surface area contributed by atoms with E-state index in [1.165, 1.54) is 0 Å². The Labute approximate surface area is 168 Å². The van der Waals surface area contributed by atoms with Crippen molar-refractivity contribution in [3.63, 3.8) is 0 Å². The molecule has 136 valence electrons. The fourth-order valence-electron chi connectivity index (χ4n) is 4.14. The molecule has 0 spiro atoms. The summed E-state index contributed by atoms with van der Waals surface area (Å²) in [6.45, 7) is 0. The normalized spacial score (nSPS) is 20.7. The number of allylic oxidation sites excluding steroid dienone is 4. The highest BCUT2D eigenvalue weighted by Gasteiger charge is 2.43. The Morgan fingerprint density at radius 1 is 0.962 bits per heavy atom. The molecule has 0 amide bonds. The first-order valence-corrected chi connectivity index (χ1v) is 10.3. The molecular formula is C20H18Br2O4. The Bertz CT molecular complexity index is 840. The first-order valence-electron chi connectivity index (χ1n) is 8.74. The van der Waals surface area contributed by atoms with Crippen LogP contribution in [0.4, 0.5) is 0 Å². The van der Waals surface area contributed by atoms with E-state index >= 15 is 0 Å². The Kier molecular flexibility index (Phi) is 4.82. The molecule has 0 aromatic heterocycles. The first kappa shape index (κ1) is 18.0. The summed E-state index contributed by atoms with van der Waals surface area (Å²) in [4.78, 5) is 25.7. The largest absolute Gasteiger partial charge is 0.495 e. The van der Waals surface area contributed by atoms with Crippen LogP contribution in [0.1, 0.15) is 50.0 Å². The first-order chi connectivity index (χ1) is 12.5. The molecule has 4 rings (SSSR count). The lowest BCUT2D eigenvalue weighted by Gasteiger charge is -2.36. The lowest BCUT2D eigenvalue weighted by molar-refractivity contribution is -0.117. The van der Waals surface area contributed by atoms with Crippen LogP contribution in [0.5, 0.6) is 5.75 Å². The van der Waals surface area contributed by atoms with Gasteiger partial charge in [0.15, 0.2) is 11.6 Å². The SMILES string of the molecule is COc1c(Br)cc(Br)cc1C1C2=C(CCCC2=O)OC2=C1C(=O)CCC2. The van der Waals surface area contributed by atoms with Crippen molar-refractivity contribution < 1.29 is 19.1 Å². The van der Waals surface area contributed by atoms with Crippen molar-refractivity contribution in [2.24, 2.45) is 0 Å². The van der Waals surface area contributed by atoms with E-state index in [1.807, 2.05) is 12.1 Å². The van der Waals surface area contributed by atoms with Crippen LogP contribution in [0.2, 0.25) is 0 Å². The summed E-state index contributed by atoms with van der Waals surface area (Å²) in [6, 6.07) is 3.84. The quantitative estimate of drug-likeness (QED) is 0.571. The monoisotopic (exact) mass is 480 g/mol. The fourth-order valence-corrected chi connectivity index (χ4v) is 5.56. The number of hydrogen-bond donors (Lipinski definition) is 0. The molecule has 0 N–H and O–H groups in total. The molecule has 26 heavy (non-hydrogen) atoms. The molecule has 6 heteroatoms.